The first-order valence-electron chi connectivity index (χ1n) is 10.9. The lowest BCUT2D eigenvalue weighted by atomic mass is 9.97. The van der Waals surface area contributed by atoms with Crippen molar-refractivity contribution >= 4 is 6.03 Å². The number of methoxy groups -OCH3 is 1. The van der Waals surface area contributed by atoms with Crippen molar-refractivity contribution in [3.8, 4) is 17.0 Å². The van der Waals surface area contributed by atoms with Gasteiger partial charge in [-0.3, -0.25) is 4.79 Å². The molecule has 0 saturated carbocycles. The van der Waals surface area contributed by atoms with Crippen molar-refractivity contribution in [2.45, 2.75) is 25.9 Å². The molecule has 1 N–H and O–H groups in total. The Morgan fingerprint density at radius 1 is 1.03 bits per heavy atom. The Bertz CT molecular complexity index is 1090. The minimum Gasteiger partial charge on any atom is -0.497 e. The number of piperidine rings is 1. The number of ether oxygens (including phenoxy) is 1. The van der Waals surface area contributed by atoms with Gasteiger partial charge in [0.25, 0.3) is 5.56 Å². The lowest BCUT2D eigenvalue weighted by Gasteiger charge is -2.32. The van der Waals surface area contributed by atoms with E-state index in [0.29, 0.717) is 32.1 Å². The molecule has 7 heteroatoms. The molecular formula is C25H28N4O3. The first-order valence-corrected chi connectivity index (χ1v) is 10.9. The van der Waals surface area contributed by atoms with Crippen LogP contribution in [0.25, 0.3) is 11.3 Å². The SMILES string of the molecule is COc1ccc(CNC(=O)N2CCC(Cn3nc(-c4ccccc4)ccc3=O)CC2)cc1. The fourth-order valence-electron chi connectivity index (χ4n) is 3.94. The highest BCUT2D eigenvalue weighted by Crippen LogP contribution is 2.20. The molecule has 0 bridgehead atoms. The molecule has 166 valence electrons. The van der Waals surface area contributed by atoms with Crippen molar-refractivity contribution < 1.29 is 9.53 Å². The number of carbonyl (C=O) groups excluding carboxylic acids is 1. The van der Waals surface area contributed by atoms with E-state index in [4.69, 9.17) is 4.74 Å². The van der Waals surface area contributed by atoms with Crippen LogP contribution in [-0.2, 0) is 13.1 Å². The van der Waals surface area contributed by atoms with Crippen LogP contribution >= 0.6 is 0 Å². The van der Waals surface area contributed by atoms with E-state index in [9.17, 15) is 9.59 Å². The van der Waals surface area contributed by atoms with Gasteiger partial charge in [0, 0.05) is 37.8 Å². The molecule has 1 aliphatic rings. The maximum Gasteiger partial charge on any atom is 0.317 e. The average molecular weight is 433 g/mol. The zero-order valence-electron chi connectivity index (χ0n) is 18.2. The smallest absolute Gasteiger partial charge is 0.317 e. The van der Waals surface area contributed by atoms with E-state index in [1.165, 1.54) is 0 Å². The molecular weight excluding hydrogens is 404 g/mol. The van der Waals surface area contributed by atoms with Crippen LogP contribution in [0.1, 0.15) is 18.4 Å². The molecule has 4 rings (SSSR count). The van der Waals surface area contributed by atoms with Crippen molar-refractivity contribution in [2.75, 3.05) is 20.2 Å². The van der Waals surface area contributed by atoms with Crippen LogP contribution in [0.3, 0.4) is 0 Å². The summed E-state index contributed by atoms with van der Waals surface area (Å²) in [6, 6.07) is 20.8. The van der Waals surface area contributed by atoms with Crippen LogP contribution < -0.4 is 15.6 Å². The van der Waals surface area contributed by atoms with E-state index < -0.39 is 0 Å². The van der Waals surface area contributed by atoms with Gasteiger partial charge in [0.2, 0.25) is 0 Å². The van der Waals surface area contributed by atoms with Crippen LogP contribution in [0, 0.1) is 5.92 Å². The van der Waals surface area contributed by atoms with Crippen molar-refractivity contribution in [1.29, 1.82) is 0 Å². The quantitative estimate of drug-likeness (QED) is 0.646. The van der Waals surface area contributed by atoms with E-state index >= 15 is 0 Å². The molecule has 0 aliphatic carbocycles. The number of carbonyl (C=O) groups is 1. The number of rotatable bonds is 6. The van der Waals surface area contributed by atoms with Gasteiger partial charge < -0.3 is 15.0 Å². The van der Waals surface area contributed by atoms with Crippen molar-refractivity contribution in [1.82, 2.24) is 20.0 Å². The number of likely N-dealkylation sites (tertiary alicyclic amines) is 1. The normalized spacial score (nSPS) is 14.2. The highest BCUT2D eigenvalue weighted by atomic mass is 16.5. The third-order valence-corrected chi connectivity index (χ3v) is 5.87. The maximum absolute atomic E-state index is 12.5. The molecule has 0 radical (unpaired) electrons. The Kier molecular flexibility index (Phi) is 6.84. The molecule has 2 heterocycles. The van der Waals surface area contributed by atoms with Gasteiger partial charge >= 0.3 is 6.03 Å². The predicted octanol–water partition coefficient (Wildman–Crippen LogP) is 3.54. The molecule has 3 aromatic rings. The molecule has 0 spiro atoms. The highest BCUT2D eigenvalue weighted by Gasteiger charge is 2.23. The monoisotopic (exact) mass is 432 g/mol. The number of nitrogens with one attached hydrogen (secondary N) is 1. The van der Waals surface area contributed by atoms with Crippen molar-refractivity contribution in [3.63, 3.8) is 0 Å². The number of aromatic nitrogens is 2. The molecule has 1 saturated heterocycles. The number of benzene rings is 2. The van der Waals surface area contributed by atoms with E-state index in [2.05, 4.69) is 10.4 Å². The first-order chi connectivity index (χ1) is 15.6. The predicted molar refractivity (Wildman–Crippen MR) is 123 cm³/mol. The van der Waals surface area contributed by atoms with Gasteiger partial charge in [-0.2, -0.15) is 5.10 Å². The molecule has 1 aliphatic heterocycles. The summed E-state index contributed by atoms with van der Waals surface area (Å²) in [6.45, 7) is 2.40. The van der Waals surface area contributed by atoms with Gasteiger partial charge in [0.05, 0.1) is 12.8 Å². The van der Waals surface area contributed by atoms with Crippen LogP contribution in [0.15, 0.2) is 71.5 Å². The van der Waals surface area contributed by atoms with Crippen LogP contribution in [-0.4, -0.2) is 40.9 Å². The molecule has 2 aromatic carbocycles. The van der Waals surface area contributed by atoms with Gasteiger partial charge in [-0.1, -0.05) is 42.5 Å². The second kappa shape index (κ2) is 10.1. The Labute approximate surface area is 187 Å². The summed E-state index contributed by atoms with van der Waals surface area (Å²) in [7, 11) is 1.63. The Balaban J connectivity index is 1.29. The standard InChI is InChI=1S/C25H28N4O3/c1-32-22-9-7-19(8-10-22)17-26-25(31)28-15-13-20(14-16-28)18-29-24(30)12-11-23(27-29)21-5-3-2-4-6-21/h2-12,20H,13-18H2,1H3,(H,26,31). The number of nitrogens with zero attached hydrogens (tertiary/aromatic N) is 3. The van der Waals surface area contributed by atoms with Crippen molar-refractivity contribution in [3.05, 3.63) is 82.6 Å². The van der Waals surface area contributed by atoms with E-state index in [1.54, 1.807) is 23.9 Å². The van der Waals surface area contributed by atoms with Gasteiger partial charge in [0.1, 0.15) is 5.75 Å². The van der Waals surface area contributed by atoms with Gasteiger partial charge in [0.15, 0.2) is 0 Å². The van der Waals surface area contributed by atoms with Crippen molar-refractivity contribution in [2.24, 2.45) is 5.92 Å². The number of amides is 2. The second-order valence-corrected chi connectivity index (χ2v) is 8.04. The summed E-state index contributed by atoms with van der Waals surface area (Å²) in [6.07, 6.45) is 1.69. The zero-order chi connectivity index (χ0) is 22.3. The van der Waals surface area contributed by atoms with E-state index in [1.807, 2.05) is 59.5 Å². The molecule has 2 amide bonds. The molecule has 0 atom stereocenters. The van der Waals surface area contributed by atoms with E-state index in [0.717, 1.165) is 35.4 Å². The Morgan fingerprint density at radius 2 is 1.75 bits per heavy atom. The minimum absolute atomic E-state index is 0.0550. The molecule has 32 heavy (non-hydrogen) atoms. The highest BCUT2D eigenvalue weighted by molar-refractivity contribution is 5.74. The number of urea groups is 1. The Hall–Kier alpha value is -3.61. The lowest BCUT2D eigenvalue weighted by molar-refractivity contribution is 0.163. The maximum atomic E-state index is 12.5. The summed E-state index contributed by atoms with van der Waals surface area (Å²) in [5, 5.41) is 7.55. The number of hydrogen-bond acceptors (Lipinski definition) is 4. The van der Waals surface area contributed by atoms with Crippen LogP contribution in [0.4, 0.5) is 4.79 Å². The van der Waals surface area contributed by atoms with Gasteiger partial charge in [-0.15, -0.1) is 0 Å². The fraction of sp³-hybridized carbons (Fsp3) is 0.320. The minimum atomic E-state index is -0.0932. The van der Waals surface area contributed by atoms with Crippen LogP contribution in [0.5, 0.6) is 5.75 Å². The summed E-state index contributed by atoms with van der Waals surface area (Å²) in [5.41, 5.74) is 2.72. The Morgan fingerprint density at radius 3 is 2.44 bits per heavy atom. The average Bonchev–Trinajstić information content (AvgIpc) is 2.85. The van der Waals surface area contributed by atoms with E-state index in [-0.39, 0.29) is 11.6 Å². The fourth-order valence-corrected chi connectivity index (χ4v) is 3.94. The summed E-state index contributed by atoms with van der Waals surface area (Å²) >= 11 is 0. The second-order valence-electron chi connectivity index (χ2n) is 8.04. The number of hydrogen-bond donors (Lipinski definition) is 1. The third kappa shape index (κ3) is 5.35. The summed E-state index contributed by atoms with van der Waals surface area (Å²) < 4.78 is 6.72. The largest absolute Gasteiger partial charge is 0.497 e. The molecule has 0 unspecified atom stereocenters. The van der Waals surface area contributed by atoms with Gasteiger partial charge in [-0.25, -0.2) is 9.48 Å². The van der Waals surface area contributed by atoms with Crippen LogP contribution in [0.2, 0.25) is 0 Å². The lowest BCUT2D eigenvalue weighted by Crippen LogP contribution is -2.45. The molecule has 1 aromatic heterocycles. The summed E-state index contributed by atoms with van der Waals surface area (Å²) in [4.78, 5) is 26.7. The molecule has 1 fully saturated rings. The molecule has 7 nitrogen and oxygen atoms in total. The summed E-state index contributed by atoms with van der Waals surface area (Å²) in [5.74, 6) is 1.11. The first kappa shape index (κ1) is 21.6. The topological polar surface area (TPSA) is 76.5 Å². The third-order valence-electron chi connectivity index (χ3n) is 5.87. The van der Waals surface area contributed by atoms with Gasteiger partial charge in [-0.05, 0) is 42.5 Å². The zero-order valence-corrected chi connectivity index (χ0v) is 18.2.